The summed E-state index contributed by atoms with van der Waals surface area (Å²) in [5, 5.41) is 3.43. The van der Waals surface area contributed by atoms with Crippen LogP contribution in [0.4, 0.5) is 0 Å². The van der Waals surface area contributed by atoms with E-state index in [9.17, 15) is 4.79 Å². The Kier molecular flexibility index (Phi) is 4.04. The van der Waals surface area contributed by atoms with Gasteiger partial charge in [-0.2, -0.15) is 0 Å². The van der Waals surface area contributed by atoms with Gasteiger partial charge in [-0.05, 0) is 60.7 Å². The molecule has 92 valence electrons. The summed E-state index contributed by atoms with van der Waals surface area (Å²) >= 11 is 2.25. The third-order valence-electron chi connectivity index (χ3n) is 2.94. The average molecular weight is 344 g/mol. The highest BCUT2D eigenvalue weighted by Crippen LogP contribution is 2.12. The highest BCUT2D eigenvalue weighted by molar-refractivity contribution is 14.1. The Morgan fingerprint density at radius 3 is 2.29 bits per heavy atom. The van der Waals surface area contributed by atoms with Gasteiger partial charge in [0, 0.05) is 34.3 Å². The van der Waals surface area contributed by atoms with Crippen molar-refractivity contribution in [1.82, 2.24) is 10.2 Å². The molecular weight excluding hydrogens is 327 g/mol. The van der Waals surface area contributed by atoms with Crippen LogP contribution in [0.2, 0.25) is 0 Å². The first kappa shape index (κ1) is 12.8. The van der Waals surface area contributed by atoms with E-state index in [2.05, 4.69) is 41.8 Å². The highest BCUT2D eigenvalue weighted by Gasteiger charge is 2.25. The maximum absolute atomic E-state index is 12.3. The standard InChI is InChI=1S/C13H17IN2O/c1-9-7-16(8-10(2)15-9)13(17)11-3-5-12(14)6-4-11/h3-6,9-10,15H,7-8H2,1-2H3. The van der Waals surface area contributed by atoms with Crippen molar-refractivity contribution in [2.45, 2.75) is 25.9 Å². The molecule has 1 aliphatic heterocycles. The molecule has 17 heavy (non-hydrogen) atoms. The molecule has 0 spiro atoms. The molecule has 3 nitrogen and oxygen atoms in total. The number of nitrogens with one attached hydrogen (secondary N) is 1. The Bertz CT molecular complexity index is 394. The lowest BCUT2D eigenvalue weighted by Gasteiger charge is -2.36. The Balaban J connectivity index is 2.11. The molecule has 0 bridgehead atoms. The maximum Gasteiger partial charge on any atom is 0.253 e. The summed E-state index contributed by atoms with van der Waals surface area (Å²) in [6.45, 7) is 5.80. The zero-order valence-corrected chi connectivity index (χ0v) is 12.3. The molecule has 1 saturated heterocycles. The van der Waals surface area contributed by atoms with Gasteiger partial charge in [0.1, 0.15) is 0 Å². The lowest BCUT2D eigenvalue weighted by molar-refractivity contribution is 0.0674. The van der Waals surface area contributed by atoms with E-state index < -0.39 is 0 Å². The number of carbonyl (C=O) groups excluding carboxylic acids is 1. The van der Waals surface area contributed by atoms with Crippen molar-refractivity contribution in [2.24, 2.45) is 0 Å². The number of amides is 1. The molecule has 2 rings (SSSR count). The highest BCUT2D eigenvalue weighted by atomic mass is 127. The molecule has 0 aromatic heterocycles. The molecule has 0 saturated carbocycles. The number of benzene rings is 1. The van der Waals surface area contributed by atoms with Gasteiger partial charge in [0.15, 0.2) is 0 Å². The normalized spacial score (nSPS) is 24.8. The SMILES string of the molecule is CC1CN(C(=O)c2ccc(I)cc2)CC(C)N1. The van der Waals surface area contributed by atoms with Crippen LogP contribution in [0, 0.1) is 3.57 Å². The van der Waals surface area contributed by atoms with Crippen LogP contribution >= 0.6 is 22.6 Å². The van der Waals surface area contributed by atoms with E-state index in [1.54, 1.807) is 0 Å². The fourth-order valence-electron chi connectivity index (χ4n) is 2.27. The van der Waals surface area contributed by atoms with Crippen LogP contribution in [0.15, 0.2) is 24.3 Å². The second-order valence-corrected chi connectivity index (χ2v) is 5.93. The first-order chi connectivity index (χ1) is 8.06. The average Bonchev–Trinajstić information content (AvgIpc) is 2.28. The third kappa shape index (κ3) is 3.19. The van der Waals surface area contributed by atoms with E-state index in [-0.39, 0.29) is 5.91 Å². The largest absolute Gasteiger partial charge is 0.336 e. The number of nitrogens with zero attached hydrogens (tertiary/aromatic N) is 1. The zero-order chi connectivity index (χ0) is 12.4. The van der Waals surface area contributed by atoms with Crippen molar-refractivity contribution in [3.05, 3.63) is 33.4 Å². The number of carbonyl (C=O) groups is 1. The number of hydrogen-bond acceptors (Lipinski definition) is 2. The summed E-state index contributed by atoms with van der Waals surface area (Å²) in [5.74, 6) is 0.140. The lowest BCUT2D eigenvalue weighted by Crippen LogP contribution is -2.55. The lowest BCUT2D eigenvalue weighted by atomic mass is 10.1. The van der Waals surface area contributed by atoms with Crippen molar-refractivity contribution in [3.8, 4) is 0 Å². The Morgan fingerprint density at radius 2 is 1.76 bits per heavy atom. The van der Waals surface area contributed by atoms with Gasteiger partial charge >= 0.3 is 0 Å². The van der Waals surface area contributed by atoms with Gasteiger partial charge < -0.3 is 10.2 Å². The van der Waals surface area contributed by atoms with Gasteiger partial charge in [0.05, 0.1) is 0 Å². The van der Waals surface area contributed by atoms with Crippen LogP contribution in [-0.4, -0.2) is 36.0 Å². The van der Waals surface area contributed by atoms with E-state index in [0.717, 1.165) is 22.2 Å². The van der Waals surface area contributed by atoms with Crippen LogP contribution in [0.25, 0.3) is 0 Å². The Morgan fingerprint density at radius 1 is 1.24 bits per heavy atom. The predicted molar refractivity (Wildman–Crippen MR) is 77.1 cm³/mol. The summed E-state index contributed by atoms with van der Waals surface area (Å²) in [6.07, 6.45) is 0. The van der Waals surface area contributed by atoms with E-state index in [1.807, 2.05) is 29.2 Å². The van der Waals surface area contributed by atoms with E-state index >= 15 is 0 Å². The van der Waals surface area contributed by atoms with E-state index in [4.69, 9.17) is 0 Å². The summed E-state index contributed by atoms with van der Waals surface area (Å²) in [5.41, 5.74) is 0.784. The molecule has 1 N–H and O–H groups in total. The molecule has 0 aliphatic carbocycles. The van der Waals surface area contributed by atoms with Crippen molar-refractivity contribution >= 4 is 28.5 Å². The van der Waals surface area contributed by atoms with Crippen molar-refractivity contribution in [1.29, 1.82) is 0 Å². The molecule has 2 atom stereocenters. The summed E-state index contributed by atoms with van der Waals surface area (Å²) in [7, 11) is 0. The first-order valence-electron chi connectivity index (χ1n) is 5.87. The number of halogens is 1. The molecular formula is C13H17IN2O. The first-order valence-corrected chi connectivity index (χ1v) is 6.95. The van der Waals surface area contributed by atoms with Crippen molar-refractivity contribution in [2.75, 3.05) is 13.1 Å². The van der Waals surface area contributed by atoms with Crippen molar-refractivity contribution < 1.29 is 4.79 Å². The Hall–Kier alpha value is -0.620. The number of hydrogen-bond donors (Lipinski definition) is 1. The topological polar surface area (TPSA) is 32.3 Å². The van der Waals surface area contributed by atoms with Gasteiger partial charge in [-0.15, -0.1) is 0 Å². The fraction of sp³-hybridized carbons (Fsp3) is 0.462. The monoisotopic (exact) mass is 344 g/mol. The van der Waals surface area contributed by atoms with Gasteiger partial charge in [-0.25, -0.2) is 0 Å². The van der Waals surface area contributed by atoms with Crippen LogP contribution in [0.5, 0.6) is 0 Å². The van der Waals surface area contributed by atoms with Gasteiger partial charge in [-0.1, -0.05) is 0 Å². The minimum atomic E-state index is 0.140. The number of piperazine rings is 1. The smallest absolute Gasteiger partial charge is 0.253 e. The number of rotatable bonds is 1. The Labute approximate surface area is 116 Å². The van der Waals surface area contributed by atoms with Crippen LogP contribution in [0.3, 0.4) is 0 Å². The van der Waals surface area contributed by atoms with Crippen LogP contribution < -0.4 is 5.32 Å². The minimum Gasteiger partial charge on any atom is -0.336 e. The molecule has 4 heteroatoms. The quantitative estimate of drug-likeness (QED) is 0.792. The van der Waals surface area contributed by atoms with E-state index in [1.165, 1.54) is 0 Å². The van der Waals surface area contributed by atoms with E-state index in [0.29, 0.717) is 12.1 Å². The fourth-order valence-corrected chi connectivity index (χ4v) is 2.63. The van der Waals surface area contributed by atoms with Crippen LogP contribution in [-0.2, 0) is 0 Å². The molecule has 1 heterocycles. The van der Waals surface area contributed by atoms with Crippen LogP contribution in [0.1, 0.15) is 24.2 Å². The maximum atomic E-state index is 12.3. The predicted octanol–water partition coefficient (Wildman–Crippen LogP) is 2.11. The van der Waals surface area contributed by atoms with Gasteiger partial charge in [0.2, 0.25) is 0 Å². The molecule has 2 unspecified atom stereocenters. The molecule has 1 aliphatic rings. The molecule has 1 amide bonds. The van der Waals surface area contributed by atoms with Crippen molar-refractivity contribution in [3.63, 3.8) is 0 Å². The molecule has 1 aromatic carbocycles. The molecule has 1 aromatic rings. The van der Waals surface area contributed by atoms with Gasteiger partial charge in [0.25, 0.3) is 5.91 Å². The van der Waals surface area contributed by atoms with Gasteiger partial charge in [-0.3, -0.25) is 4.79 Å². The second kappa shape index (κ2) is 5.35. The minimum absolute atomic E-state index is 0.140. The zero-order valence-electron chi connectivity index (χ0n) is 10.1. The summed E-state index contributed by atoms with van der Waals surface area (Å²) in [6, 6.07) is 8.49. The second-order valence-electron chi connectivity index (χ2n) is 4.69. The molecule has 1 fully saturated rings. The summed E-state index contributed by atoms with van der Waals surface area (Å²) in [4.78, 5) is 14.2. The molecule has 0 radical (unpaired) electrons. The summed E-state index contributed by atoms with van der Waals surface area (Å²) < 4.78 is 1.15. The third-order valence-corrected chi connectivity index (χ3v) is 3.66.